The Kier molecular flexibility index (Phi) is 5.35. The molecule has 0 radical (unpaired) electrons. The third kappa shape index (κ3) is 4.30. The lowest BCUT2D eigenvalue weighted by Crippen LogP contribution is -2.18. The van der Waals surface area contributed by atoms with Crippen molar-refractivity contribution >= 4 is 23.4 Å². The Morgan fingerprint density at radius 1 is 1.53 bits per heavy atom. The van der Waals surface area contributed by atoms with Gasteiger partial charge >= 0.3 is 5.97 Å². The second-order valence-electron chi connectivity index (χ2n) is 4.18. The summed E-state index contributed by atoms with van der Waals surface area (Å²) in [6.07, 6.45) is 3.09. The van der Waals surface area contributed by atoms with Crippen LogP contribution in [0.3, 0.4) is 0 Å². The molecule has 94 valence electrons. The van der Waals surface area contributed by atoms with Crippen molar-refractivity contribution in [2.24, 2.45) is 0 Å². The highest BCUT2D eigenvalue weighted by Gasteiger charge is 2.11. The van der Waals surface area contributed by atoms with Crippen LogP contribution in [0, 0.1) is 6.92 Å². The molecular weight excluding hydrogens is 234 g/mol. The van der Waals surface area contributed by atoms with Crippen LogP contribution in [0.2, 0.25) is 0 Å². The van der Waals surface area contributed by atoms with Crippen molar-refractivity contribution in [3.05, 3.63) is 29.3 Å². The first-order valence-corrected chi connectivity index (χ1v) is 7.03. The predicted molar refractivity (Wildman–Crippen MR) is 74.2 cm³/mol. The summed E-state index contributed by atoms with van der Waals surface area (Å²) < 4.78 is 0. The molecule has 2 N–H and O–H groups in total. The molecule has 0 saturated carbocycles. The maximum atomic E-state index is 11.1. The molecule has 1 unspecified atom stereocenters. The summed E-state index contributed by atoms with van der Waals surface area (Å²) in [5.41, 5.74) is 2.02. The van der Waals surface area contributed by atoms with E-state index in [9.17, 15) is 4.79 Å². The molecule has 0 aromatic heterocycles. The second-order valence-corrected chi connectivity index (χ2v) is 5.17. The fourth-order valence-corrected chi connectivity index (χ4v) is 2.18. The molecule has 0 heterocycles. The minimum atomic E-state index is -0.881. The molecule has 0 aliphatic rings. The fraction of sp³-hybridized carbons (Fsp3) is 0.462. The number of anilines is 1. The molecule has 0 amide bonds. The summed E-state index contributed by atoms with van der Waals surface area (Å²) in [4.78, 5) is 11.1. The van der Waals surface area contributed by atoms with Gasteiger partial charge in [-0.25, -0.2) is 4.79 Å². The highest BCUT2D eigenvalue weighted by Crippen LogP contribution is 2.19. The Labute approximate surface area is 107 Å². The lowest BCUT2D eigenvalue weighted by molar-refractivity contribution is 0.0698. The number of thioether (sulfide) groups is 1. The summed E-state index contributed by atoms with van der Waals surface area (Å²) >= 11 is 1.80. The Morgan fingerprint density at radius 2 is 2.24 bits per heavy atom. The minimum absolute atomic E-state index is 0.281. The molecule has 0 aliphatic heterocycles. The van der Waals surface area contributed by atoms with Crippen LogP contribution in [0.4, 0.5) is 5.69 Å². The van der Waals surface area contributed by atoms with Crippen LogP contribution in [0.25, 0.3) is 0 Å². The number of benzene rings is 1. The van der Waals surface area contributed by atoms with E-state index < -0.39 is 5.97 Å². The normalized spacial score (nSPS) is 12.2. The van der Waals surface area contributed by atoms with Crippen molar-refractivity contribution in [2.45, 2.75) is 26.3 Å². The van der Waals surface area contributed by atoms with Crippen LogP contribution in [0.15, 0.2) is 18.2 Å². The van der Waals surface area contributed by atoms with Crippen LogP contribution in [0.1, 0.15) is 29.3 Å². The molecule has 0 fully saturated rings. The van der Waals surface area contributed by atoms with E-state index in [4.69, 9.17) is 5.11 Å². The van der Waals surface area contributed by atoms with E-state index in [1.165, 1.54) is 0 Å². The molecule has 1 rings (SSSR count). The quantitative estimate of drug-likeness (QED) is 0.817. The van der Waals surface area contributed by atoms with Crippen molar-refractivity contribution < 1.29 is 9.90 Å². The Morgan fingerprint density at radius 3 is 2.82 bits per heavy atom. The van der Waals surface area contributed by atoms with Gasteiger partial charge in [-0.1, -0.05) is 11.6 Å². The van der Waals surface area contributed by atoms with Crippen molar-refractivity contribution in [2.75, 3.05) is 17.3 Å². The van der Waals surface area contributed by atoms with Crippen molar-refractivity contribution in [3.8, 4) is 0 Å². The SMILES string of the molecule is CSCCC(C)Nc1ccc(C)cc1C(=O)O. The zero-order valence-corrected chi connectivity index (χ0v) is 11.3. The molecule has 3 nitrogen and oxygen atoms in total. The van der Waals surface area contributed by atoms with E-state index >= 15 is 0 Å². The van der Waals surface area contributed by atoms with E-state index in [-0.39, 0.29) is 6.04 Å². The molecular formula is C13H19NO2S. The van der Waals surface area contributed by atoms with Gasteiger partial charge in [0.05, 0.1) is 5.56 Å². The third-order valence-corrected chi connectivity index (χ3v) is 3.21. The second kappa shape index (κ2) is 6.55. The van der Waals surface area contributed by atoms with Gasteiger partial charge in [-0.3, -0.25) is 0 Å². The van der Waals surface area contributed by atoms with Gasteiger partial charge in [0.15, 0.2) is 0 Å². The number of carbonyl (C=O) groups is 1. The zero-order valence-electron chi connectivity index (χ0n) is 10.5. The molecule has 1 aromatic rings. The number of nitrogens with one attached hydrogen (secondary N) is 1. The summed E-state index contributed by atoms with van der Waals surface area (Å²) in [7, 11) is 0. The van der Waals surface area contributed by atoms with Crippen LogP contribution in [-0.4, -0.2) is 29.1 Å². The first-order valence-electron chi connectivity index (χ1n) is 5.64. The zero-order chi connectivity index (χ0) is 12.8. The van der Waals surface area contributed by atoms with Gasteiger partial charge in [0.2, 0.25) is 0 Å². The van der Waals surface area contributed by atoms with Crippen molar-refractivity contribution in [3.63, 3.8) is 0 Å². The van der Waals surface area contributed by atoms with E-state index in [0.29, 0.717) is 11.3 Å². The number of aryl methyl sites for hydroxylation is 1. The first kappa shape index (κ1) is 13.9. The maximum Gasteiger partial charge on any atom is 0.337 e. The van der Waals surface area contributed by atoms with Crippen LogP contribution in [0.5, 0.6) is 0 Å². The average Bonchev–Trinajstić information content (AvgIpc) is 2.28. The van der Waals surface area contributed by atoms with Crippen molar-refractivity contribution in [1.29, 1.82) is 0 Å². The van der Waals surface area contributed by atoms with Gasteiger partial charge in [0, 0.05) is 11.7 Å². The highest BCUT2D eigenvalue weighted by molar-refractivity contribution is 7.98. The smallest absolute Gasteiger partial charge is 0.337 e. The first-order chi connectivity index (χ1) is 8.04. The Bertz CT molecular complexity index is 393. The summed E-state index contributed by atoms with van der Waals surface area (Å²) in [5, 5.41) is 12.4. The van der Waals surface area contributed by atoms with Crippen LogP contribution >= 0.6 is 11.8 Å². The van der Waals surface area contributed by atoms with Crippen LogP contribution in [-0.2, 0) is 0 Å². The van der Waals surface area contributed by atoms with Crippen molar-refractivity contribution in [1.82, 2.24) is 0 Å². The van der Waals surface area contributed by atoms with E-state index in [1.54, 1.807) is 17.8 Å². The van der Waals surface area contributed by atoms with Crippen LogP contribution < -0.4 is 5.32 Å². The molecule has 0 bridgehead atoms. The topological polar surface area (TPSA) is 49.3 Å². The monoisotopic (exact) mass is 253 g/mol. The predicted octanol–water partition coefficient (Wildman–Crippen LogP) is 3.25. The van der Waals surface area contributed by atoms with Gasteiger partial charge in [0.25, 0.3) is 0 Å². The number of carboxylic acids is 1. The number of rotatable bonds is 6. The standard InChI is InChI=1S/C13H19NO2S/c1-9-4-5-12(11(8-9)13(15)16)14-10(2)6-7-17-3/h4-5,8,10,14H,6-7H2,1-3H3,(H,15,16). The molecule has 1 atom stereocenters. The van der Waals surface area contributed by atoms with Gasteiger partial charge in [-0.05, 0) is 44.4 Å². The Hall–Kier alpha value is -1.16. The number of carboxylic acid groups (broad SMARTS) is 1. The van der Waals surface area contributed by atoms with Gasteiger partial charge in [-0.15, -0.1) is 0 Å². The largest absolute Gasteiger partial charge is 0.478 e. The number of hydrogen-bond donors (Lipinski definition) is 2. The molecule has 17 heavy (non-hydrogen) atoms. The summed E-state index contributed by atoms with van der Waals surface area (Å²) in [5.74, 6) is 0.191. The summed E-state index contributed by atoms with van der Waals surface area (Å²) in [6, 6.07) is 5.75. The molecule has 0 spiro atoms. The molecule has 1 aromatic carbocycles. The third-order valence-electron chi connectivity index (χ3n) is 2.56. The van der Waals surface area contributed by atoms with Gasteiger partial charge < -0.3 is 10.4 Å². The molecule has 0 saturated heterocycles. The van der Waals surface area contributed by atoms with Gasteiger partial charge in [-0.2, -0.15) is 11.8 Å². The lowest BCUT2D eigenvalue weighted by atomic mass is 10.1. The maximum absolute atomic E-state index is 11.1. The summed E-state index contributed by atoms with van der Waals surface area (Å²) in [6.45, 7) is 3.97. The van der Waals surface area contributed by atoms with E-state index in [1.807, 2.05) is 19.1 Å². The molecule has 4 heteroatoms. The lowest BCUT2D eigenvalue weighted by Gasteiger charge is -2.16. The average molecular weight is 253 g/mol. The van der Waals surface area contributed by atoms with E-state index in [0.717, 1.165) is 17.7 Å². The minimum Gasteiger partial charge on any atom is -0.478 e. The molecule has 0 aliphatic carbocycles. The number of aromatic carboxylic acids is 1. The fourth-order valence-electron chi connectivity index (χ4n) is 1.59. The van der Waals surface area contributed by atoms with E-state index in [2.05, 4.69) is 18.5 Å². The highest BCUT2D eigenvalue weighted by atomic mass is 32.2. The number of hydrogen-bond acceptors (Lipinski definition) is 3. The Balaban J connectivity index is 2.79. The van der Waals surface area contributed by atoms with Gasteiger partial charge in [0.1, 0.15) is 0 Å².